The molecule has 1 aliphatic heterocycles. The van der Waals surface area contributed by atoms with E-state index >= 15 is 0 Å². The highest BCUT2D eigenvalue weighted by Gasteiger charge is 2.24. The van der Waals surface area contributed by atoms with Gasteiger partial charge in [-0.2, -0.15) is 0 Å². The monoisotopic (exact) mass is 469 g/mol. The van der Waals surface area contributed by atoms with Crippen LogP contribution in [-0.4, -0.2) is 34.6 Å². The third-order valence-corrected chi connectivity index (χ3v) is 6.26. The highest BCUT2D eigenvalue weighted by molar-refractivity contribution is 7.13. The zero-order valence-electron chi connectivity index (χ0n) is 17.9. The summed E-state index contributed by atoms with van der Waals surface area (Å²) in [6.45, 7) is 5.30. The summed E-state index contributed by atoms with van der Waals surface area (Å²) in [7, 11) is 0. The third-order valence-electron chi connectivity index (χ3n) is 5.10. The van der Waals surface area contributed by atoms with E-state index in [-0.39, 0.29) is 17.9 Å². The molecule has 166 valence electrons. The maximum Gasteiger partial charge on any atom is 0.286 e. The largest absolute Gasteiger partial charge is 0.364 e. The number of carbonyl (C=O) groups is 2. The van der Waals surface area contributed by atoms with Gasteiger partial charge in [-0.25, -0.2) is 0 Å². The van der Waals surface area contributed by atoms with Gasteiger partial charge in [-0.15, -0.1) is 10.2 Å². The van der Waals surface area contributed by atoms with E-state index in [2.05, 4.69) is 25.7 Å². The number of halogens is 1. The van der Waals surface area contributed by atoms with Crippen LogP contribution in [0.4, 0.5) is 11.4 Å². The van der Waals surface area contributed by atoms with Crippen LogP contribution < -0.4 is 15.5 Å². The third kappa shape index (κ3) is 5.08. The smallest absolute Gasteiger partial charge is 0.286 e. The van der Waals surface area contributed by atoms with E-state index in [1.165, 1.54) is 11.3 Å². The van der Waals surface area contributed by atoms with E-state index in [0.29, 0.717) is 22.3 Å². The molecular formula is C23H24ClN5O2S. The predicted octanol–water partition coefficient (Wildman–Crippen LogP) is 4.53. The molecule has 0 saturated heterocycles. The summed E-state index contributed by atoms with van der Waals surface area (Å²) in [5.41, 5.74) is 3.46. The number of hydrogen-bond donors (Lipinski definition) is 2. The first-order valence-electron chi connectivity index (χ1n) is 10.5. The number of carbonyl (C=O) groups excluding carboxylic acids is 2. The second kappa shape index (κ2) is 9.67. The number of amides is 2. The highest BCUT2D eigenvalue weighted by atomic mass is 35.5. The predicted molar refractivity (Wildman–Crippen MR) is 128 cm³/mol. The van der Waals surface area contributed by atoms with Crippen LogP contribution in [-0.2, 0) is 13.0 Å². The Morgan fingerprint density at radius 3 is 2.66 bits per heavy atom. The molecule has 7 nitrogen and oxygen atoms in total. The van der Waals surface area contributed by atoms with Crippen molar-refractivity contribution < 1.29 is 9.59 Å². The number of nitrogens with one attached hydrogen (secondary N) is 2. The first-order chi connectivity index (χ1) is 15.4. The summed E-state index contributed by atoms with van der Waals surface area (Å²) in [4.78, 5) is 27.4. The molecule has 0 aliphatic carbocycles. The van der Waals surface area contributed by atoms with Gasteiger partial charge in [-0.05, 0) is 68.7 Å². The van der Waals surface area contributed by atoms with Crippen molar-refractivity contribution in [3.8, 4) is 0 Å². The number of aromatic nitrogens is 2. The van der Waals surface area contributed by atoms with Crippen LogP contribution in [0.2, 0.25) is 5.02 Å². The van der Waals surface area contributed by atoms with Gasteiger partial charge in [-0.1, -0.05) is 29.0 Å². The molecule has 4 rings (SSSR count). The maximum atomic E-state index is 12.6. The minimum atomic E-state index is -0.303. The van der Waals surface area contributed by atoms with Crippen molar-refractivity contribution in [2.24, 2.45) is 0 Å². The highest BCUT2D eigenvalue weighted by Crippen LogP contribution is 2.31. The second-order valence-corrected chi connectivity index (χ2v) is 9.42. The van der Waals surface area contributed by atoms with Crippen LogP contribution in [0.3, 0.4) is 0 Å². The first-order valence-corrected chi connectivity index (χ1v) is 11.7. The molecule has 0 fully saturated rings. The molecule has 32 heavy (non-hydrogen) atoms. The van der Waals surface area contributed by atoms with Crippen molar-refractivity contribution in [3.63, 3.8) is 0 Å². The molecule has 2 heterocycles. The Morgan fingerprint density at radius 1 is 1.12 bits per heavy atom. The number of hydrogen-bond acceptors (Lipinski definition) is 6. The van der Waals surface area contributed by atoms with E-state index in [1.807, 2.05) is 32.0 Å². The van der Waals surface area contributed by atoms with Crippen LogP contribution in [0.15, 0.2) is 42.5 Å². The van der Waals surface area contributed by atoms with Gasteiger partial charge in [0.1, 0.15) is 5.01 Å². The SMILES string of the molecule is CC(C)NC(=O)c1cccc2c1CCCN2Cc1nnc(C(=O)Nc2ccc(Cl)cc2)s1. The summed E-state index contributed by atoms with van der Waals surface area (Å²) in [6, 6.07) is 12.8. The van der Waals surface area contributed by atoms with Gasteiger partial charge in [-0.3, -0.25) is 9.59 Å². The van der Waals surface area contributed by atoms with E-state index < -0.39 is 0 Å². The Kier molecular flexibility index (Phi) is 6.72. The zero-order chi connectivity index (χ0) is 22.7. The van der Waals surface area contributed by atoms with Gasteiger partial charge in [0.05, 0.1) is 6.54 Å². The molecule has 2 amide bonds. The van der Waals surface area contributed by atoms with Gasteiger partial charge in [0.25, 0.3) is 11.8 Å². The van der Waals surface area contributed by atoms with Crippen molar-refractivity contribution in [1.82, 2.24) is 15.5 Å². The lowest BCUT2D eigenvalue weighted by atomic mass is 9.95. The molecule has 0 atom stereocenters. The fourth-order valence-corrected chi connectivity index (χ4v) is 4.58. The lowest BCUT2D eigenvalue weighted by molar-refractivity contribution is 0.0941. The molecule has 0 unspecified atom stereocenters. The Hall–Kier alpha value is -2.97. The molecule has 2 aromatic carbocycles. The minimum Gasteiger partial charge on any atom is -0.364 e. The molecule has 2 N–H and O–H groups in total. The fourth-order valence-electron chi connectivity index (χ4n) is 3.71. The number of nitrogens with zero attached hydrogens (tertiary/aromatic N) is 3. The van der Waals surface area contributed by atoms with Crippen LogP contribution in [0.1, 0.15) is 51.0 Å². The van der Waals surface area contributed by atoms with E-state index in [1.54, 1.807) is 24.3 Å². The van der Waals surface area contributed by atoms with Crippen LogP contribution in [0, 0.1) is 0 Å². The molecule has 1 aromatic heterocycles. The zero-order valence-corrected chi connectivity index (χ0v) is 19.5. The molecule has 3 aromatic rings. The van der Waals surface area contributed by atoms with Gasteiger partial charge >= 0.3 is 0 Å². The van der Waals surface area contributed by atoms with Gasteiger partial charge in [0.15, 0.2) is 0 Å². The molecule has 0 spiro atoms. The standard InChI is InChI=1S/C23H24ClN5O2S/c1-14(2)25-21(30)18-5-3-7-19-17(18)6-4-12-29(19)13-20-27-28-23(32-20)22(31)26-16-10-8-15(24)9-11-16/h3,5,7-11,14H,4,6,12-13H2,1-2H3,(H,25,30)(H,26,31). The lowest BCUT2D eigenvalue weighted by Gasteiger charge is -2.31. The Labute approximate surface area is 195 Å². The normalized spacial score (nSPS) is 13.1. The van der Waals surface area contributed by atoms with E-state index in [4.69, 9.17) is 11.6 Å². The molecule has 0 bridgehead atoms. The van der Waals surface area contributed by atoms with Crippen molar-refractivity contribution in [2.45, 2.75) is 39.3 Å². The molecule has 0 radical (unpaired) electrons. The van der Waals surface area contributed by atoms with E-state index in [0.717, 1.165) is 41.2 Å². The summed E-state index contributed by atoms with van der Waals surface area (Å²) in [5, 5.41) is 15.7. The topological polar surface area (TPSA) is 87.2 Å². The number of benzene rings is 2. The van der Waals surface area contributed by atoms with Gasteiger partial charge in [0.2, 0.25) is 5.01 Å². The van der Waals surface area contributed by atoms with Crippen LogP contribution in [0.25, 0.3) is 0 Å². The van der Waals surface area contributed by atoms with Gasteiger partial charge < -0.3 is 15.5 Å². The average Bonchev–Trinajstić information content (AvgIpc) is 3.23. The number of fused-ring (bicyclic) bond motifs is 1. The molecule has 0 saturated carbocycles. The first kappa shape index (κ1) is 22.2. The summed E-state index contributed by atoms with van der Waals surface area (Å²) in [6.07, 6.45) is 1.81. The average molecular weight is 470 g/mol. The molecule has 9 heteroatoms. The Balaban J connectivity index is 1.48. The summed E-state index contributed by atoms with van der Waals surface area (Å²) in [5.74, 6) is -0.349. The van der Waals surface area contributed by atoms with Crippen molar-refractivity contribution in [3.05, 3.63) is 68.6 Å². The minimum absolute atomic E-state index is 0.0456. The quantitative estimate of drug-likeness (QED) is 0.553. The molecular weight excluding hydrogens is 446 g/mol. The summed E-state index contributed by atoms with van der Waals surface area (Å²) < 4.78 is 0. The second-order valence-electron chi connectivity index (χ2n) is 7.92. The Bertz CT molecular complexity index is 1130. The van der Waals surface area contributed by atoms with Crippen molar-refractivity contribution >= 4 is 46.1 Å². The van der Waals surface area contributed by atoms with Crippen molar-refractivity contribution in [1.29, 1.82) is 0 Å². The van der Waals surface area contributed by atoms with E-state index in [9.17, 15) is 9.59 Å². The van der Waals surface area contributed by atoms with Crippen LogP contribution in [0.5, 0.6) is 0 Å². The Morgan fingerprint density at radius 2 is 1.91 bits per heavy atom. The fraction of sp³-hybridized carbons (Fsp3) is 0.304. The summed E-state index contributed by atoms with van der Waals surface area (Å²) >= 11 is 7.16. The lowest BCUT2D eigenvalue weighted by Crippen LogP contribution is -2.33. The number of rotatable bonds is 6. The molecule has 1 aliphatic rings. The van der Waals surface area contributed by atoms with Crippen molar-refractivity contribution in [2.75, 3.05) is 16.8 Å². The van der Waals surface area contributed by atoms with Gasteiger partial charge in [0, 0.05) is 34.5 Å². The maximum absolute atomic E-state index is 12.6. The van der Waals surface area contributed by atoms with Crippen LogP contribution >= 0.6 is 22.9 Å². The number of anilines is 2.